The van der Waals surface area contributed by atoms with E-state index >= 15 is 0 Å². The Balaban J connectivity index is 1.24. The van der Waals surface area contributed by atoms with Crippen molar-refractivity contribution in [2.75, 3.05) is 46.6 Å². The molecule has 2 fully saturated rings. The molecule has 3 amide bonds. The summed E-state index contributed by atoms with van der Waals surface area (Å²) in [7, 11) is -1.90. The molecule has 0 radical (unpaired) electrons. The van der Waals surface area contributed by atoms with Gasteiger partial charge in [0.05, 0.1) is 6.61 Å². The summed E-state index contributed by atoms with van der Waals surface area (Å²) in [6, 6.07) is 4.96. The molecule has 39 heavy (non-hydrogen) atoms. The standard InChI is InChI=1S/C26H39N5O7S/c1-29(39(35,36)30-13-10-21(27)11-14-30)12-4-16-37-15-3-7-19-5-2-6-20-17-38-18-31(26(34)24(19)20)22-8-9-23(32)28-25(22)33/h2,5-6,21-22H,3-4,7-18,27H2,1H3,(H,28,32,33). The fourth-order valence-electron chi connectivity index (χ4n) is 5.20. The highest BCUT2D eigenvalue weighted by molar-refractivity contribution is 7.86. The number of piperidine rings is 2. The minimum Gasteiger partial charge on any atom is -0.381 e. The van der Waals surface area contributed by atoms with Crippen LogP contribution < -0.4 is 11.1 Å². The molecule has 0 spiro atoms. The lowest BCUT2D eigenvalue weighted by molar-refractivity contribution is -0.138. The third kappa shape index (κ3) is 7.21. The molecule has 3 aliphatic heterocycles. The van der Waals surface area contributed by atoms with Crippen molar-refractivity contribution < 1.29 is 32.3 Å². The van der Waals surface area contributed by atoms with Crippen molar-refractivity contribution in [2.24, 2.45) is 5.73 Å². The van der Waals surface area contributed by atoms with Gasteiger partial charge in [0.15, 0.2) is 0 Å². The number of hydrogen-bond acceptors (Lipinski definition) is 8. The molecule has 216 valence electrons. The largest absolute Gasteiger partial charge is 0.381 e. The van der Waals surface area contributed by atoms with Crippen LogP contribution in [0.1, 0.15) is 60.0 Å². The first-order chi connectivity index (χ1) is 18.7. The summed E-state index contributed by atoms with van der Waals surface area (Å²) in [5.74, 6) is -1.08. The average Bonchev–Trinajstić information content (AvgIpc) is 3.07. The number of nitrogens with zero attached hydrogens (tertiary/aromatic N) is 3. The zero-order valence-electron chi connectivity index (χ0n) is 22.5. The number of aryl methyl sites for hydroxylation is 1. The summed E-state index contributed by atoms with van der Waals surface area (Å²) in [6.07, 6.45) is 3.65. The normalized spacial score (nSPS) is 21.7. The van der Waals surface area contributed by atoms with Crippen LogP contribution in [0.3, 0.4) is 0 Å². The lowest BCUT2D eigenvalue weighted by Gasteiger charge is -2.32. The minimum absolute atomic E-state index is 0.0161. The van der Waals surface area contributed by atoms with E-state index in [4.69, 9.17) is 15.2 Å². The van der Waals surface area contributed by atoms with Crippen molar-refractivity contribution in [1.29, 1.82) is 0 Å². The van der Waals surface area contributed by atoms with E-state index in [9.17, 15) is 22.8 Å². The van der Waals surface area contributed by atoms with E-state index < -0.39 is 22.2 Å². The van der Waals surface area contributed by atoms with Crippen LogP contribution in [0, 0.1) is 0 Å². The van der Waals surface area contributed by atoms with Crippen molar-refractivity contribution in [1.82, 2.24) is 18.8 Å². The molecule has 0 aliphatic carbocycles. The lowest BCUT2D eigenvalue weighted by atomic mass is 9.96. The number of carbonyl (C=O) groups is 3. The highest BCUT2D eigenvalue weighted by Gasteiger charge is 2.37. The van der Waals surface area contributed by atoms with Gasteiger partial charge in [0.25, 0.3) is 16.1 Å². The van der Waals surface area contributed by atoms with Gasteiger partial charge < -0.3 is 20.1 Å². The van der Waals surface area contributed by atoms with E-state index in [0.717, 1.165) is 11.1 Å². The Hall–Kier alpha value is -2.42. The predicted octanol–water partition coefficient (Wildman–Crippen LogP) is 0.361. The maximum Gasteiger partial charge on any atom is 0.281 e. The Kier molecular flexibility index (Phi) is 10.1. The molecule has 3 heterocycles. The fourth-order valence-corrected chi connectivity index (χ4v) is 6.63. The van der Waals surface area contributed by atoms with Crippen molar-refractivity contribution >= 4 is 27.9 Å². The van der Waals surface area contributed by atoms with Gasteiger partial charge in [-0.25, -0.2) is 0 Å². The summed E-state index contributed by atoms with van der Waals surface area (Å²) in [5, 5.41) is 2.31. The predicted molar refractivity (Wildman–Crippen MR) is 143 cm³/mol. The first kappa shape index (κ1) is 29.6. The molecule has 13 heteroatoms. The van der Waals surface area contributed by atoms with E-state index in [-0.39, 0.29) is 44.0 Å². The number of benzene rings is 1. The molecule has 2 saturated heterocycles. The van der Waals surface area contributed by atoms with Gasteiger partial charge in [-0.15, -0.1) is 0 Å². The van der Waals surface area contributed by atoms with Gasteiger partial charge in [-0.1, -0.05) is 18.2 Å². The number of carbonyl (C=O) groups excluding carboxylic acids is 3. The van der Waals surface area contributed by atoms with Crippen molar-refractivity contribution in [3.05, 3.63) is 34.9 Å². The Morgan fingerprint density at radius 2 is 1.87 bits per heavy atom. The third-order valence-electron chi connectivity index (χ3n) is 7.50. The molecule has 1 atom stereocenters. The summed E-state index contributed by atoms with van der Waals surface area (Å²) in [6.45, 7) is 2.40. The number of nitrogens with two attached hydrogens (primary N) is 1. The zero-order valence-corrected chi connectivity index (χ0v) is 23.3. The highest BCUT2D eigenvalue weighted by Crippen LogP contribution is 2.26. The Morgan fingerprint density at radius 1 is 1.13 bits per heavy atom. The van der Waals surface area contributed by atoms with E-state index in [0.29, 0.717) is 70.5 Å². The first-order valence-electron chi connectivity index (χ1n) is 13.6. The van der Waals surface area contributed by atoms with Crippen molar-refractivity contribution in [2.45, 2.75) is 63.6 Å². The van der Waals surface area contributed by atoms with Crippen molar-refractivity contribution in [3.63, 3.8) is 0 Å². The molecule has 0 saturated carbocycles. The molecule has 1 aromatic rings. The van der Waals surface area contributed by atoms with Crippen LogP contribution in [0.4, 0.5) is 0 Å². The molecular formula is C26H39N5O7S. The second-order valence-electron chi connectivity index (χ2n) is 10.3. The van der Waals surface area contributed by atoms with E-state index in [1.54, 1.807) is 7.05 Å². The Bertz CT molecular complexity index is 1150. The topological polar surface area (TPSA) is 152 Å². The average molecular weight is 566 g/mol. The number of ether oxygens (including phenoxy) is 2. The van der Waals surface area contributed by atoms with Gasteiger partial charge in [0.2, 0.25) is 11.8 Å². The Morgan fingerprint density at radius 3 is 2.62 bits per heavy atom. The van der Waals surface area contributed by atoms with Gasteiger partial charge in [-0.3, -0.25) is 19.7 Å². The number of nitrogens with one attached hydrogen (secondary N) is 1. The summed E-state index contributed by atoms with van der Waals surface area (Å²) >= 11 is 0. The molecule has 0 bridgehead atoms. The van der Waals surface area contributed by atoms with Crippen LogP contribution in [0.2, 0.25) is 0 Å². The van der Waals surface area contributed by atoms with E-state index in [1.165, 1.54) is 13.5 Å². The quantitative estimate of drug-likeness (QED) is 0.288. The van der Waals surface area contributed by atoms with Crippen LogP contribution >= 0.6 is 0 Å². The number of amides is 3. The summed E-state index contributed by atoms with van der Waals surface area (Å²) in [4.78, 5) is 38.9. The van der Waals surface area contributed by atoms with Gasteiger partial charge in [-0.05, 0) is 49.7 Å². The van der Waals surface area contributed by atoms with Crippen LogP contribution in [-0.4, -0.2) is 98.4 Å². The van der Waals surface area contributed by atoms with Crippen LogP contribution in [0.5, 0.6) is 0 Å². The SMILES string of the molecule is CN(CCCOCCCc1cccc2c1C(=O)N(C1CCC(=O)NC1=O)COC2)S(=O)(=O)N1CCC(N)CC1. The number of hydrogen-bond donors (Lipinski definition) is 2. The van der Waals surface area contributed by atoms with Gasteiger partial charge in [-0.2, -0.15) is 17.0 Å². The van der Waals surface area contributed by atoms with Gasteiger partial charge in [0.1, 0.15) is 12.8 Å². The van der Waals surface area contributed by atoms with Gasteiger partial charge in [0, 0.05) is 57.9 Å². The number of rotatable bonds is 11. The maximum atomic E-state index is 13.5. The van der Waals surface area contributed by atoms with Crippen molar-refractivity contribution in [3.8, 4) is 0 Å². The summed E-state index contributed by atoms with van der Waals surface area (Å²) in [5.41, 5.74) is 8.06. The molecule has 0 aromatic heterocycles. The first-order valence-corrected chi connectivity index (χ1v) is 15.0. The third-order valence-corrected chi connectivity index (χ3v) is 9.49. The Labute approximate surface area is 229 Å². The lowest BCUT2D eigenvalue weighted by Crippen LogP contribution is -2.54. The molecular weight excluding hydrogens is 526 g/mol. The zero-order chi connectivity index (χ0) is 28.0. The van der Waals surface area contributed by atoms with E-state index in [1.807, 2.05) is 18.2 Å². The monoisotopic (exact) mass is 565 g/mol. The molecule has 4 rings (SSSR count). The molecule has 1 aromatic carbocycles. The van der Waals surface area contributed by atoms with Crippen LogP contribution in [0.25, 0.3) is 0 Å². The van der Waals surface area contributed by atoms with Crippen LogP contribution in [0.15, 0.2) is 18.2 Å². The molecule has 12 nitrogen and oxygen atoms in total. The summed E-state index contributed by atoms with van der Waals surface area (Å²) < 4.78 is 39.8. The minimum atomic E-state index is -3.49. The molecule has 1 unspecified atom stereocenters. The number of fused-ring (bicyclic) bond motifs is 1. The maximum absolute atomic E-state index is 13.5. The molecule has 3 aliphatic rings. The van der Waals surface area contributed by atoms with Crippen LogP contribution in [-0.2, 0) is 42.3 Å². The highest BCUT2D eigenvalue weighted by atomic mass is 32.2. The number of imide groups is 1. The fraction of sp³-hybridized carbons (Fsp3) is 0.654. The van der Waals surface area contributed by atoms with E-state index in [2.05, 4.69) is 5.32 Å². The van der Waals surface area contributed by atoms with Gasteiger partial charge >= 0.3 is 0 Å². The molecule has 3 N–H and O–H groups in total. The second kappa shape index (κ2) is 13.3. The smallest absolute Gasteiger partial charge is 0.281 e. The second-order valence-corrected chi connectivity index (χ2v) is 12.3.